The Kier molecular flexibility index (Phi) is 3.71. The molecule has 0 aliphatic heterocycles. The summed E-state index contributed by atoms with van der Waals surface area (Å²) in [6, 6.07) is 0. The van der Waals surface area contributed by atoms with Gasteiger partial charge in [0.25, 0.3) is 0 Å². The van der Waals surface area contributed by atoms with Crippen LogP contribution in [0, 0.1) is 0 Å². The van der Waals surface area contributed by atoms with Crippen molar-refractivity contribution >= 4 is 22.8 Å². The molecular weight excluding hydrogens is 220 g/mol. The van der Waals surface area contributed by atoms with Gasteiger partial charge in [0.1, 0.15) is 5.82 Å². The molecule has 0 aliphatic carbocycles. The van der Waals surface area contributed by atoms with Crippen LogP contribution in [0.3, 0.4) is 0 Å². The number of anilines is 2. The summed E-state index contributed by atoms with van der Waals surface area (Å²) in [6.07, 6.45) is 4.46. The van der Waals surface area contributed by atoms with E-state index in [0.717, 1.165) is 31.2 Å². The molecule has 0 fully saturated rings. The lowest BCUT2D eigenvalue weighted by Crippen LogP contribution is -2.06. The van der Waals surface area contributed by atoms with E-state index in [2.05, 4.69) is 25.5 Å². The average molecular weight is 236 g/mol. The molecule has 5 N–H and O–H groups in total. The molecule has 0 aromatic carbocycles. The molecule has 0 saturated heterocycles. The Bertz CT molecular complexity index is 483. The Morgan fingerprint density at radius 3 is 3.00 bits per heavy atom. The highest BCUT2D eigenvalue weighted by molar-refractivity contribution is 5.86. The van der Waals surface area contributed by atoms with Gasteiger partial charge in [-0.3, -0.25) is 5.10 Å². The van der Waals surface area contributed by atoms with Crippen LogP contribution in [0.1, 0.15) is 19.3 Å². The van der Waals surface area contributed by atoms with Gasteiger partial charge in [-0.1, -0.05) is 0 Å². The van der Waals surface area contributed by atoms with E-state index < -0.39 is 0 Å². The first-order valence-electron chi connectivity index (χ1n) is 5.62. The Morgan fingerprint density at radius 2 is 2.18 bits per heavy atom. The third-order valence-corrected chi connectivity index (χ3v) is 2.45. The highest BCUT2D eigenvalue weighted by Gasteiger charge is 2.06. The molecule has 2 aromatic rings. The first kappa shape index (κ1) is 11.6. The minimum absolute atomic E-state index is 0.222. The second-order valence-corrected chi connectivity index (χ2v) is 3.77. The van der Waals surface area contributed by atoms with Crippen molar-refractivity contribution in [3.8, 4) is 0 Å². The number of hydrogen-bond donors (Lipinski definition) is 4. The number of unbranched alkanes of at least 4 members (excludes halogenated alkanes) is 2. The summed E-state index contributed by atoms with van der Waals surface area (Å²) in [5.74, 6) is 0.921. The van der Waals surface area contributed by atoms with E-state index in [-0.39, 0.29) is 12.6 Å². The lowest BCUT2D eigenvalue weighted by atomic mass is 10.2. The molecule has 2 rings (SSSR count). The molecule has 0 atom stereocenters. The zero-order valence-corrected chi connectivity index (χ0v) is 9.48. The van der Waals surface area contributed by atoms with Gasteiger partial charge in [-0.05, 0) is 19.3 Å². The smallest absolute Gasteiger partial charge is 0.224 e. The summed E-state index contributed by atoms with van der Waals surface area (Å²) < 4.78 is 0. The molecule has 0 saturated carbocycles. The normalized spacial score (nSPS) is 10.9. The highest BCUT2D eigenvalue weighted by Crippen LogP contribution is 2.18. The van der Waals surface area contributed by atoms with Crippen LogP contribution < -0.4 is 11.1 Å². The second-order valence-electron chi connectivity index (χ2n) is 3.77. The molecule has 2 heterocycles. The van der Waals surface area contributed by atoms with E-state index in [1.54, 1.807) is 6.20 Å². The van der Waals surface area contributed by atoms with Gasteiger partial charge in [0.15, 0.2) is 5.65 Å². The van der Waals surface area contributed by atoms with Crippen LogP contribution in [0.2, 0.25) is 0 Å². The molecule has 2 aromatic heterocycles. The van der Waals surface area contributed by atoms with Crippen LogP contribution in [0.15, 0.2) is 6.20 Å². The predicted octanol–water partition coefficient (Wildman–Crippen LogP) is 0.510. The Balaban J connectivity index is 2.00. The van der Waals surface area contributed by atoms with Crippen LogP contribution in [-0.2, 0) is 0 Å². The number of rotatable bonds is 6. The quantitative estimate of drug-likeness (QED) is 0.543. The highest BCUT2D eigenvalue weighted by atomic mass is 16.2. The maximum Gasteiger partial charge on any atom is 0.224 e. The monoisotopic (exact) mass is 236 g/mol. The van der Waals surface area contributed by atoms with Crippen molar-refractivity contribution in [3.05, 3.63) is 6.20 Å². The zero-order chi connectivity index (χ0) is 12.1. The predicted molar refractivity (Wildman–Crippen MR) is 65.5 cm³/mol. The Hall–Kier alpha value is -1.89. The number of aliphatic hydroxyl groups excluding tert-OH is 1. The van der Waals surface area contributed by atoms with Gasteiger partial charge >= 0.3 is 0 Å². The molecule has 0 unspecified atom stereocenters. The number of aliphatic hydroxyl groups is 1. The molecule has 17 heavy (non-hydrogen) atoms. The number of nitrogen functional groups attached to an aromatic ring is 1. The van der Waals surface area contributed by atoms with Crippen molar-refractivity contribution in [3.63, 3.8) is 0 Å². The fraction of sp³-hybridized carbons (Fsp3) is 0.500. The number of hydrogen-bond acceptors (Lipinski definition) is 6. The number of fused-ring (bicyclic) bond motifs is 1. The van der Waals surface area contributed by atoms with Gasteiger partial charge in [-0.25, -0.2) is 0 Å². The number of nitrogens with two attached hydrogens (primary N) is 1. The summed E-state index contributed by atoms with van der Waals surface area (Å²) in [7, 11) is 0. The minimum atomic E-state index is 0.222. The Labute approximate surface area is 98.5 Å². The topological polar surface area (TPSA) is 113 Å². The average Bonchev–Trinajstić information content (AvgIpc) is 2.76. The van der Waals surface area contributed by atoms with Crippen LogP contribution in [0.4, 0.5) is 11.8 Å². The number of H-pyrrole nitrogens is 1. The number of nitrogens with zero attached hydrogens (tertiary/aromatic N) is 3. The lowest BCUT2D eigenvalue weighted by Gasteiger charge is -2.06. The third kappa shape index (κ3) is 2.82. The fourth-order valence-corrected chi connectivity index (χ4v) is 1.61. The largest absolute Gasteiger partial charge is 0.396 e. The fourth-order valence-electron chi connectivity index (χ4n) is 1.61. The van der Waals surface area contributed by atoms with E-state index in [9.17, 15) is 0 Å². The van der Waals surface area contributed by atoms with Gasteiger partial charge in [-0.15, -0.1) is 0 Å². The van der Waals surface area contributed by atoms with Crippen molar-refractivity contribution in [2.75, 3.05) is 24.2 Å². The molecule has 7 nitrogen and oxygen atoms in total. The first-order valence-corrected chi connectivity index (χ1v) is 5.62. The van der Waals surface area contributed by atoms with Crippen LogP contribution in [0.25, 0.3) is 11.0 Å². The molecule has 0 radical (unpaired) electrons. The van der Waals surface area contributed by atoms with Gasteiger partial charge in [0, 0.05) is 13.2 Å². The molecule has 0 amide bonds. The van der Waals surface area contributed by atoms with Crippen LogP contribution in [-0.4, -0.2) is 38.4 Å². The van der Waals surface area contributed by atoms with Gasteiger partial charge in [0.2, 0.25) is 5.95 Å². The summed E-state index contributed by atoms with van der Waals surface area (Å²) in [5.41, 5.74) is 6.23. The first-order chi connectivity index (χ1) is 8.31. The maximum atomic E-state index is 8.66. The van der Waals surface area contributed by atoms with E-state index in [1.807, 2.05) is 0 Å². The summed E-state index contributed by atoms with van der Waals surface area (Å²) >= 11 is 0. The van der Waals surface area contributed by atoms with Crippen molar-refractivity contribution in [2.24, 2.45) is 0 Å². The van der Waals surface area contributed by atoms with Gasteiger partial charge < -0.3 is 16.2 Å². The number of aromatic amines is 1. The summed E-state index contributed by atoms with van der Waals surface area (Å²) in [6.45, 7) is 1.03. The molecular formula is C10H16N6O. The van der Waals surface area contributed by atoms with E-state index in [4.69, 9.17) is 10.8 Å². The zero-order valence-electron chi connectivity index (χ0n) is 9.48. The minimum Gasteiger partial charge on any atom is -0.396 e. The second kappa shape index (κ2) is 5.44. The maximum absolute atomic E-state index is 8.66. The van der Waals surface area contributed by atoms with E-state index >= 15 is 0 Å². The molecule has 0 aliphatic rings. The van der Waals surface area contributed by atoms with Gasteiger partial charge in [-0.2, -0.15) is 15.1 Å². The van der Waals surface area contributed by atoms with Crippen LogP contribution in [0.5, 0.6) is 0 Å². The third-order valence-electron chi connectivity index (χ3n) is 2.45. The summed E-state index contributed by atoms with van der Waals surface area (Å²) in [4.78, 5) is 8.17. The van der Waals surface area contributed by atoms with E-state index in [1.165, 1.54) is 0 Å². The molecule has 92 valence electrons. The van der Waals surface area contributed by atoms with Gasteiger partial charge in [0.05, 0.1) is 11.6 Å². The van der Waals surface area contributed by atoms with Crippen molar-refractivity contribution in [1.82, 2.24) is 20.2 Å². The molecule has 0 bridgehead atoms. The van der Waals surface area contributed by atoms with Crippen molar-refractivity contribution in [1.29, 1.82) is 0 Å². The van der Waals surface area contributed by atoms with Crippen LogP contribution >= 0.6 is 0 Å². The molecule has 0 spiro atoms. The number of nitrogens with one attached hydrogen (secondary N) is 2. The number of aromatic nitrogens is 4. The molecule has 7 heteroatoms. The van der Waals surface area contributed by atoms with E-state index in [0.29, 0.717) is 11.5 Å². The SMILES string of the molecule is Nc1nc(NCCCCCO)c2cn[nH]c2n1. The van der Waals surface area contributed by atoms with Crippen molar-refractivity contribution in [2.45, 2.75) is 19.3 Å². The Morgan fingerprint density at radius 1 is 1.29 bits per heavy atom. The summed E-state index contributed by atoms with van der Waals surface area (Å²) in [5, 5.41) is 19.4. The van der Waals surface area contributed by atoms with Crippen molar-refractivity contribution < 1.29 is 5.11 Å². The standard InChI is InChI=1S/C10H16N6O/c11-10-14-8(12-4-2-1-3-5-17)7-6-13-16-9(7)15-10/h6,17H,1-5H2,(H4,11,12,13,14,15,16). The lowest BCUT2D eigenvalue weighted by molar-refractivity contribution is 0.283.